The first-order valence-corrected chi connectivity index (χ1v) is 5.50. The molecule has 0 spiro atoms. The number of imide groups is 1. The molecule has 2 amide bonds. The Morgan fingerprint density at radius 2 is 1.62 bits per heavy atom. The van der Waals surface area contributed by atoms with Gasteiger partial charge in [0.25, 0.3) is 11.8 Å². The summed E-state index contributed by atoms with van der Waals surface area (Å²) in [6, 6.07) is 0. The van der Waals surface area contributed by atoms with Crippen molar-refractivity contribution in [1.29, 1.82) is 0 Å². The third-order valence-electron chi connectivity index (χ3n) is 1.82. The third-order valence-corrected chi connectivity index (χ3v) is 1.82. The lowest BCUT2D eigenvalue weighted by Gasteiger charge is -2.10. The maximum Gasteiger partial charge on any atom is 0.339 e. The van der Waals surface area contributed by atoms with Crippen LogP contribution in [0.1, 0.15) is 19.8 Å². The highest BCUT2D eigenvalue weighted by Crippen LogP contribution is 2.11. The monoisotopic (exact) mass is 297 g/mol. The van der Waals surface area contributed by atoms with Crippen molar-refractivity contribution >= 4 is 23.6 Å². The molecule has 1 aliphatic rings. The van der Waals surface area contributed by atoms with Crippen molar-refractivity contribution in [2.75, 3.05) is 13.1 Å². The number of carbonyl (C=O) groups excluding carboxylic acids is 4. The largest absolute Gasteiger partial charge is 0.339 e. The predicted molar refractivity (Wildman–Crippen MR) is 65.9 cm³/mol. The van der Waals surface area contributed by atoms with Gasteiger partial charge in [-0.3, -0.25) is 14.4 Å². The number of hydrogen-bond acceptors (Lipinski definition) is 7. The Bertz CT molecular complexity index is 517. The fourth-order valence-corrected chi connectivity index (χ4v) is 1.01. The van der Waals surface area contributed by atoms with E-state index in [1.165, 1.54) is 6.92 Å². The van der Waals surface area contributed by atoms with E-state index in [4.69, 9.17) is 11.1 Å². The molecule has 1 heterocycles. The normalized spacial score (nSPS) is 12.5. The summed E-state index contributed by atoms with van der Waals surface area (Å²) in [5.41, 5.74) is 15.5. The van der Waals surface area contributed by atoms with Crippen LogP contribution in [0, 0.1) is 0 Å². The van der Waals surface area contributed by atoms with Crippen molar-refractivity contribution in [3.8, 4) is 0 Å². The van der Waals surface area contributed by atoms with Gasteiger partial charge in [-0.05, 0) is 18.0 Å². The molecule has 0 radical (unpaired) electrons. The van der Waals surface area contributed by atoms with Gasteiger partial charge in [-0.1, -0.05) is 10.2 Å². The minimum absolute atomic E-state index is 0.0313. The summed E-state index contributed by atoms with van der Waals surface area (Å²) >= 11 is 0. The van der Waals surface area contributed by atoms with E-state index < -0.39 is 24.3 Å². The lowest BCUT2D eigenvalue weighted by molar-refractivity contribution is -0.196. The molecule has 0 aromatic carbocycles. The van der Waals surface area contributed by atoms with E-state index in [0.717, 1.165) is 0 Å². The quantitative estimate of drug-likeness (QED) is 0.314. The van der Waals surface area contributed by atoms with Gasteiger partial charge >= 0.3 is 5.97 Å². The zero-order valence-corrected chi connectivity index (χ0v) is 11.0. The van der Waals surface area contributed by atoms with E-state index in [2.05, 4.69) is 24.9 Å². The van der Waals surface area contributed by atoms with Crippen molar-refractivity contribution in [3.63, 3.8) is 0 Å². The molecule has 0 bridgehead atoms. The van der Waals surface area contributed by atoms with E-state index >= 15 is 0 Å². The van der Waals surface area contributed by atoms with Gasteiger partial charge in [0.1, 0.15) is 12.3 Å². The van der Waals surface area contributed by atoms with Gasteiger partial charge in [0, 0.05) is 22.7 Å². The topological polar surface area (TPSA) is 178 Å². The summed E-state index contributed by atoms with van der Waals surface area (Å²) in [5, 5.41) is 6.32. The van der Waals surface area contributed by atoms with Gasteiger partial charge in [-0.25, -0.2) is 4.79 Å². The van der Waals surface area contributed by atoms with Crippen LogP contribution in [0.25, 0.3) is 20.9 Å². The standard InChI is InChI=1S/C6H6N4O4.C3H5N3O/c7-9-8-3-6(13)14-10-4(11)1-2-5(10)12;1-3(7)2-5-6-4/h1-3H2;2H2,1H3. The molecule has 0 saturated carbocycles. The number of hydrogen-bond donors (Lipinski definition) is 0. The van der Waals surface area contributed by atoms with Crippen molar-refractivity contribution < 1.29 is 24.0 Å². The molecule has 1 fully saturated rings. The van der Waals surface area contributed by atoms with Gasteiger partial charge in [-0.15, -0.1) is 5.06 Å². The number of ketones is 1. The van der Waals surface area contributed by atoms with Crippen LogP contribution < -0.4 is 0 Å². The fourth-order valence-electron chi connectivity index (χ4n) is 1.01. The number of hydroxylamine groups is 2. The van der Waals surface area contributed by atoms with Crippen LogP contribution in [0.4, 0.5) is 0 Å². The molecule has 0 unspecified atom stereocenters. The number of amides is 2. The van der Waals surface area contributed by atoms with Crippen LogP contribution in [-0.2, 0) is 24.0 Å². The molecule has 0 aromatic heterocycles. The smallest absolute Gasteiger partial charge is 0.330 e. The van der Waals surface area contributed by atoms with Crippen molar-refractivity contribution in [2.24, 2.45) is 10.2 Å². The summed E-state index contributed by atoms with van der Waals surface area (Å²) in [4.78, 5) is 51.7. The third kappa shape index (κ3) is 7.82. The first kappa shape index (κ1) is 17.9. The molecule has 0 N–H and O–H groups in total. The summed E-state index contributed by atoms with van der Waals surface area (Å²) in [6.45, 7) is 0.790. The van der Waals surface area contributed by atoms with E-state index in [9.17, 15) is 19.2 Å². The molecular formula is C9H11N7O5. The Morgan fingerprint density at radius 3 is 2.00 bits per heavy atom. The average molecular weight is 297 g/mol. The second-order valence-corrected chi connectivity index (χ2v) is 3.53. The van der Waals surface area contributed by atoms with Gasteiger partial charge in [0.2, 0.25) is 0 Å². The molecule has 1 saturated heterocycles. The van der Waals surface area contributed by atoms with Crippen LogP contribution in [0.5, 0.6) is 0 Å². The highest BCUT2D eigenvalue weighted by molar-refractivity contribution is 6.01. The summed E-state index contributed by atoms with van der Waals surface area (Å²) in [7, 11) is 0. The number of nitrogens with zero attached hydrogens (tertiary/aromatic N) is 7. The molecule has 12 nitrogen and oxygen atoms in total. The molecular weight excluding hydrogens is 286 g/mol. The number of Topliss-reactive ketones (excluding diaryl/α,β-unsaturated/α-hetero) is 1. The lowest BCUT2D eigenvalue weighted by Crippen LogP contribution is -2.32. The van der Waals surface area contributed by atoms with E-state index in [1.807, 2.05) is 0 Å². The second kappa shape index (κ2) is 9.78. The Balaban J connectivity index is 0.000000486. The highest BCUT2D eigenvalue weighted by atomic mass is 16.7. The zero-order valence-electron chi connectivity index (χ0n) is 11.0. The van der Waals surface area contributed by atoms with Crippen molar-refractivity contribution in [1.82, 2.24) is 5.06 Å². The number of carbonyl (C=O) groups is 4. The minimum atomic E-state index is -0.939. The predicted octanol–water partition coefficient (Wildman–Crippen LogP) is 0.790. The van der Waals surface area contributed by atoms with Crippen molar-refractivity contribution in [3.05, 3.63) is 20.9 Å². The Hall–Kier alpha value is -3.10. The molecule has 0 atom stereocenters. The molecule has 0 aromatic rings. The zero-order chi connectivity index (χ0) is 16.3. The van der Waals surface area contributed by atoms with E-state index in [-0.39, 0.29) is 25.2 Å². The fraction of sp³-hybridized carbons (Fsp3) is 0.556. The minimum Gasteiger partial charge on any atom is -0.330 e. The van der Waals surface area contributed by atoms with Crippen LogP contribution in [0.2, 0.25) is 0 Å². The molecule has 12 heteroatoms. The average Bonchev–Trinajstić information content (AvgIpc) is 2.75. The molecule has 0 aliphatic carbocycles. The van der Waals surface area contributed by atoms with Crippen LogP contribution in [0.15, 0.2) is 10.2 Å². The first-order valence-electron chi connectivity index (χ1n) is 5.50. The molecule has 1 aliphatic heterocycles. The maximum atomic E-state index is 10.9. The Labute approximate surface area is 117 Å². The SMILES string of the molecule is CC(=O)CN=[N+]=[N-].[N-]=[N+]=NCC(=O)ON1C(=O)CCC1=O. The van der Waals surface area contributed by atoms with E-state index in [0.29, 0.717) is 5.06 Å². The summed E-state index contributed by atoms with van der Waals surface area (Å²) < 4.78 is 0. The van der Waals surface area contributed by atoms with Gasteiger partial charge in [0.05, 0.1) is 6.54 Å². The first-order chi connectivity index (χ1) is 9.92. The molecule has 1 rings (SSSR count). The summed E-state index contributed by atoms with van der Waals surface area (Å²) in [6.07, 6.45) is 0.0707. The number of azide groups is 2. The van der Waals surface area contributed by atoms with Crippen LogP contribution >= 0.6 is 0 Å². The molecule has 21 heavy (non-hydrogen) atoms. The number of rotatable bonds is 5. The lowest BCUT2D eigenvalue weighted by atomic mass is 10.4. The van der Waals surface area contributed by atoms with Gasteiger partial charge in [-0.2, -0.15) is 0 Å². The van der Waals surface area contributed by atoms with Gasteiger partial charge < -0.3 is 4.84 Å². The highest BCUT2D eigenvalue weighted by Gasteiger charge is 2.32. The Kier molecular flexibility index (Phi) is 8.34. The maximum absolute atomic E-state index is 10.9. The summed E-state index contributed by atoms with van der Waals surface area (Å²) in [5.74, 6) is -2.18. The van der Waals surface area contributed by atoms with Crippen LogP contribution in [0.3, 0.4) is 0 Å². The van der Waals surface area contributed by atoms with E-state index in [1.54, 1.807) is 0 Å². The van der Waals surface area contributed by atoms with Crippen LogP contribution in [-0.4, -0.2) is 41.7 Å². The van der Waals surface area contributed by atoms with Gasteiger partial charge in [0.15, 0.2) is 0 Å². The Morgan fingerprint density at radius 1 is 1.14 bits per heavy atom. The van der Waals surface area contributed by atoms with Crippen molar-refractivity contribution in [2.45, 2.75) is 19.8 Å². The molecule has 112 valence electrons. The second-order valence-electron chi connectivity index (χ2n) is 3.53.